The summed E-state index contributed by atoms with van der Waals surface area (Å²) in [5.41, 5.74) is 0.0900. The van der Waals surface area contributed by atoms with Gasteiger partial charge in [0.05, 0.1) is 24.8 Å². The Morgan fingerprint density at radius 3 is 2.29 bits per heavy atom. The summed E-state index contributed by atoms with van der Waals surface area (Å²) in [5.74, 6) is -0.205. The van der Waals surface area contributed by atoms with E-state index >= 15 is 0 Å². The van der Waals surface area contributed by atoms with Crippen molar-refractivity contribution in [3.8, 4) is 0 Å². The molecule has 1 heterocycles. The van der Waals surface area contributed by atoms with Crippen LogP contribution in [0.5, 0.6) is 0 Å². The summed E-state index contributed by atoms with van der Waals surface area (Å²) in [6.45, 7) is 6.49. The molecule has 1 N–H and O–H groups in total. The highest BCUT2D eigenvalue weighted by molar-refractivity contribution is 5.77. The van der Waals surface area contributed by atoms with Crippen molar-refractivity contribution in [2.45, 2.75) is 26.1 Å². The quantitative estimate of drug-likeness (QED) is 0.893. The fraction of sp³-hybridized carbons (Fsp3) is 0.588. The third kappa shape index (κ3) is 4.95. The van der Waals surface area contributed by atoms with Crippen molar-refractivity contribution in [3.05, 3.63) is 35.4 Å². The molecule has 7 heteroatoms. The van der Waals surface area contributed by atoms with Gasteiger partial charge in [0.25, 0.3) is 0 Å². The van der Waals surface area contributed by atoms with Crippen LogP contribution < -0.4 is 5.32 Å². The lowest BCUT2D eigenvalue weighted by atomic mass is 10.0. The van der Waals surface area contributed by atoms with Crippen molar-refractivity contribution in [2.75, 3.05) is 32.8 Å². The van der Waals surface area contributed by atoms with Crippen molar-refractivity contribution in [3.63, 3.8) is 0 Å². The molecule has 1 saturated heterocycles. The smallest absolute Gasteiger partial charge is 0.379 e. The van der Waals surface area contributed by atoms with E-state index < -0.39 is 11.7 Å². The summed E-state index contributed by atoms with van der Waals surface area (Å²) in [6, 6.07) is 4.99. The zero-order valence-corrected chi connectivity index (χ0v) is 13.9. The van der Waals surface area contributed by atoms with Crippen LogP contribution in [-0.4, -0.2) is 43.7 Å². The highest BCUT2D eigenvalue weighted by Gasteiger charge is 2.31. The van der Waals surface area contributed by atoms with Crippen molar-refractivity contribution in [2.24, 2.45) is 5.92 Å². The van der Waals surface area contributed by atoms with Gasteiger partial charge in [-0.15, -0.1) is 0 Å². The molecule has 2 rings (SSSR count). The SMILES string of the molecule is CC(C)C(=O)NC[C@@H](c1ccc(C(F)(F)F)cc1)N1CCOCC1. The second-order valence-corrected chi connectivity index (χ2v) is 6.18. The van der Waals surface area contributed by atoms with Crippen molar-refractivity contribution in [1.82, 2.24) is 10.2 Å². The minimum atomic E-state index is -4.35. The fourth-order valence-corrected chi connectivity index (χ4v) is 2.64. The Hall–Kier alpha value is -1.60. The number of nitrogens with zero attached hydrogens (tertiary/aromatic N) is 1. The molecule has 1 aliphatic heterocycles. The van der Waals surface area contributed by atoms with Gasteiger partial charge in [-0.2, -0.15) is 13.2 Å². The maximum Gasteiger partial charge on any atom is 0.416 e. The zero-order chi connectivity index (χ0) is 17.7. The van der Waals surface area contributed by atoms with Crippen LogP contribution in [0.3, 0.4) is 0 Å². The molecule has 0 unspecified atom stereocenters. The van der Waals surface area contributed by atoms with E-state index in [0.29, 0.717) is 32.8 Å². The molecule has 0 bridgehead atoms. The predicted octanol–water partition coefficient (Wildman–Crippen LogP) is 2.85. The van der Waals surface area contributed by atoms with Crippen molar-refractivity contribution < 1.29 is 22.7 Å². The third-order valence-electron chi connectivity index (χ3n) is 4.10. The van der Waals surface area contributed by atoms with Crippen LogP contribution in [0.25, 0.3) is 0 Å². The molecule has 4 nitrogen and oxygen atoms in total. The van der Waals surface area contributed by atoms with E-state index in [4.69, 9.17) is 4.74 Å². The first-order valence-corrected chi connectivity index (χ1v) is 8.05. The van der Waals surface area contributed by atoms with Crippen LogP contribution in [0.1, 0.15) is 31.0 Å². The number of carbonyl (C=O) groups is 1. The van der Waals surface area contributed by atoms with Gasteiger partial charge in [-0.05, 0) is 17.7 Å². The van der Waals surface area contributed by atoms with Gasteiger partial charge in [0.15, 0.2) is 0 Å². The summed E-state index contributed by atoms with van der Waals surface area (Å²) in [5, 5.41) is 2.88. The highest BCUT2D eigenvalue weighted by Crippen LogP contribution is 2.31. The standard InChI is InChI=1S/C17H23F3N2O2/c1-12(2)16(23)21-11-15(22-7-9-24-10-8-22)13-3-5-14(6-4-13)17(18,19)20/h3-6,12,15H,7-11H2,1-2H3,(H,21,23)/t15-/m0/s1. The topological polar surface area (TPSA) is 41.6 Å². The Morgan fingerprint density at radius 1 is 1.21 bits per heavy atom. The average Bonchev–Trinajstić information content (AvgIpc) is 2.55. The van der Waals surface area contributed by atoms with Gasteiger partial charge in [-0.3, -0.25) is 9.69 Å². The maximum atomic E-state index is 12.7. The Bertz CT molecular complexity index is 538. The lowest BCUT2D eigenvalue weighted by molar-refractivity contribution is -0.137. The van der Waals surface area contributed by atoms with E-state index in [1.165, 1.54) is 12.1 Å². The Kier molecular flexibility index (Phi) is 6.23. The van der Waals surface area contributed by atoms with E-state index in [1.54, 1.807) is 13.8 Å². The van der Waals surface area contributed by atoms with Crippen LogP contribution in [0, 0.1) is 5.92 Å². The number of ether oxygens (including phenoxy) is 1. The number of amides is 1. The molecule has 1 atom stereocenters. The molecule has 1 aromatic carbocycles. The van der Waals surface area contributed by atoms with Crippen LogP contribution >= 0.6 is 0 Å². The van der Waals surface area contributed by atoms with Crippen LogP contribution in [0.4, 0.5) is 13.2 Å². The molecule has 0 saturated carbocycles. The number of nitrogens with one attached hydrogen (secondary N) is 1. The van der Waals surface area contributed by atoms with Crippen molar-refractivity contribution in [1.29, 1.82) is 0 Å². The van der Waals surface area contributed by atoms with E-state index in [2.05, 4.69) is 10.2 Å². The first kappa shape index (κ1) is 18.7. The number of hydrogen-bond acceptors (Lipinski definition) is 3. The van der Waals surface area contributed by atoms with E-state index in [1.807, 2.05) is 0 Å². The second-order valence-electron chi connectivity index (χ2n) is 6.18. The molecule has 1 aromatic rings. The molecule has 0 aliphatic carbocycles. The Morgan fingerprint density at radius 2 is 1.79 bits per heavy atom. The number of carbonyl (C=O) groups excluding carboxylic acids is 1. The van der Waals surface area contributed by atoms with Crippen LogP contribution in [0.2, 0.25) is 0 Å². The minimum absolute atomic E-state index is 0.0693. The summed E-state index contributed by atoms with van der Waals surface area (Å²) in [6.07, 6.45) is -4.35. The van der Waals surface area contributed by atoms with Gasteiger partial charge in [0.1, 0.15) is 0 Å². The lowest BCUT2D eigenvalue weighted by Crippen LogP contribution is -2.44. The molecular formula is C17H23F3N2O2. The number of hydrogen-bond donors (Lipinski definition) is 1. The molecule has 1 aliphatic rings. The monoisotopic (exact) mass is 344 g/mol. The summed E-state index contributed by atoms with van der Waals surface area (Å²) >= 11 is 0. The van der Waals surface area contributed by atoms with Gasteiger partial charge in [0.2, 0.25) is 5.91 Å². The molecule has 0 radical (unpaired) electrons. The number of alkyl halides is 3. The summed E-state index contributed by atoms with van der Waals surface area (Å²) in [4.78, 5) is 14.0. The van der Waals surface area contributed by atoms with Gasteiger partial charge < -0.3 is 10.1 Å². The first-order valence-electron chi connectivity index (χ1n) is 8.05. The minimum Gasteiger partial charge on any atom is -0.379 e. The van der Waals surface area contributed by atoms with Crippen molar-refractivity contribution >= 4 is 5.91 Å². The van der Waals surface area contributed by atoms with Gasteiger partial charge >= 0.3 is 6.18 Å². The first-order chi connectivity index (χ1) is 11.3. The van der Waals surface area contributed by atoms with Gasteiger partial charge in [0, 0.05) is 25.6 Å². The molecule has 0 aromatic heterocycles. The number of halogens is 3. The average molecular weight is 344 g/mol. The maximum absolute atomic E-state index is 12.7. The predicted molar refractivity (Wildman–Crippen MR) is 84.4 cm³/mol. The molecule has 24 heavy (non-hydrogen) atoms. The van der Waals surface area contributed by atoms with E-state index in [-0.39, 0.29) is 17.9 Å². The highest BCUT2D eigenvalue weighted by atomic mass is 19.4. The third-order valence-corrected chi connectivity index (χ3v) is 4.10. The molecule has 134 valence electrons. The Balaban J connectivity index is 2.16. The summed E-state index contributed by atoms with van der Waals surface area (Å²) in [7, 11) is 0. The second kappa shape index (κ2) is 7.98. The molecule has 1 amide bonds. The van der Waals surface area contributed by atoms with Gasteiger partial charge in [-0.25, -0.2) is 0 Å². The number of rotatable bonds is 5. The molecule has 1 fully saturated rings. The van der Waals surface area contributed by atoms with E-state index in [0.717, 1.165) is 17.7 Å². The summed E-state index contributed by atoms with van der Waals surface area (Å²) < 4.78 is 43.5. The van der Waals surface area contributed by atoms with Gasteiger partial charge in [-0.1, -0.05) is 26.0 Å². The lowest BCUT2D eigenvalue weighted by Gasteiger charge is -2.35. The normalized spacial score (nSPS) is 17.8. The molecular weight excluding hydrogens is 321 g/mol. The van der Waals surface area contributed by atoms with Crippen LogP contribution in [0.15, 0.2) is 24.3 Å². The Labute approximate surface area is 140 Å². The zero-order valence-electron chi connectivity index (χ0n) is 13.9. The number of benzene rings is 1. The van der Waals surface area contributed by atoms with E-state index in [9.17, 15) is 18.0 Å². The largest absolute Gasteiger partial charge is 0.416 e. The fourth-order valence-electron chi connectivity index (χ4n) is 2.64. The molecule has 0 spiro atoms. The van der Waals surface area contributed by atoms with Crippen LogP contribution in [-0.2, 0) is 15.7 Å². The number of morpholine rings is 1.